The van der Waals surface area contributed by atoms with Crippen molar-refractivity contribution in [2.75, 3.05) is 13.1 Å². The van der Waals surface area contributed by atoms with E-state index < -0.39 is 0 Å². The summed E-state index contributed by atoms with van der Waals surface area (Å²) in [6.45, 7) is 7.79. The second kappa shape index (κ2) is 5.32. The molecular formula is C12H20BrN3. The van der Waals surface area contributed by atoms with Crippen LogP contribution < -0.4 is 5.32 Å². The van der Waals surface area contributed by atoms with Gasteiger partial charge in [0.2, 0.25) is 0 Å². The fourth-order valence-corrected chi connectivity index (χ4v) is 3.14. The van der Waals surface area contributed by atoms with Crippen molar-refractivity contribution < 1.29 is 0 Å². The summed E-state index contributed by atoms with van der Waals surface area (Å²) < 4.78 is 3.36. The molecule has 1 saturated heterocycles. The highest BCUT2D eigenvalue weighted by Gasteiger charge is 2.27. The number of nitrogens with one attached hydrogen (secondary N) is 1. The molecule has 2 atom stereocenters. The summed E-state index contributed by atoms with van der Waals surface area (Å²) in [5.41, 5.74) is 1.40. The van der Waals surface area contributed by atoms with Gasteiger partial charge in [-0.15, -0.1) is 0 Å². The van der Waals surface area contributed by atoms with Gasteiger partial charge in [-0.2, -0.15) is 5.10 Å². The molecule has 90 valence electrons. The lowest BCUT2D eigenvalue weighted by atomic mass is 9.85. The molecule has 0 radical (unpaired) electrons. The van der Waals surface area contributed by atoms with Crippen LogP contribution in [-0.4, -0.2) is 22.9 Å². The van der Waals surface area contributed by atoms with E-state index in [2.05, 4.69) is 44.9 Å². The molecule has 3 nitrogen and oxygen atoms in total. The lowest BCUT2D eigenvalue weighted by Crippen LogP contribution is -2.34. The quantitative estimate of drug-likeness (QED) is 0.926. The molecule has 0 spiro atoms. The second-order valence-electron chi connectivity index (χ2n) is 4.68. The minimum absolute atomic E-state index is 0.643. The third-order valence-electron chi connectivity index (χ3n) is 3.41. The average molecular weight is 286 g/mol. The van der Waals surface area contributed by atoms with Crippen LogP contribution in [0.3, 0.4) is 0 Å². The van der Waals surface area contributed by atoms with Gasteiger partial charge in [0.05, 0.1) is 16.4 Å². The van der Waals surface area contributed by atoms with Crippen LogP contribution in [0.25, 0.3) is 0 Å². The van der Waals surface area contributed by atoms with Crippen LogP contribution in [0.4, 0.5) is 0 Å². The summed E-state index contributed by atoms with van der Waals surface area (Å²) in [4.78, 5) is 0. The Kier molecular flexibility index (Phi) is 4.03. The van der Waals surface area contributed by atoms with Crippen LogP contribution in [0.2, 0.25) is 0 Å². The number of rotatable bonds is 3. The van der Waals surface area contributed by atoms with Crippen molar-refractivity contribution in [2.45, 2.75) is 39.2 Å². The van der Waals surface area contributed by atoms with Crippen molar-refractivity contribution in [3.63, 3.8) is 0 Å². The van der Waals surface area contributed by atoms with E-state index in [0.717, 1.165) is 26.1 Å². The molecule has 0 aromatic carbocycles. The molecule has 0 aliphatic carbocycles. The van der Waals surface area contributed by atoms with Crippen molar-refractivity contribution >= 4 is 15.9 Å². The van der Waals surface area contributed by atoms with E-state index in [1.54, 1.807) is 0 Å². The maximum Gasteiger partial charge on any atom is 0.0635 e. The first-order valence-electron chi connectivity index (χ1n) is 6.16. The molecule has 1 N–H and O–H groups in total. The SMILES string of the molecule is CCCn1ncc(Br)c1C1CCNCC1C. The van der Waals surface area contributed by atoms with Crippen molar-refractivity contribution in [1.29, 1.82) is 0 Å². The topological polar surface area (TPSA) is 29.9 Å². The summed E-state index contributed by atoms with van der Waals surface area (Å²) >= 11 is 3.65. The molecule has 4 heteroatoms. The van der Waals surface area contributed by atoms with E-state index >= 15 is 0 Å². The van der Waals surface area contributed by atoms with Crippen molar-refractivity contribution in [2.24, 2.45) is 5.92 Å². The third-order valence-corrected chi connectivity index (χ3v) is 4.02. The van der Waals surface area contributed by atoms with Crippen LogP contribution in [0.1, 0.15) is 38.3 Å². The number of aromatic nitrogens is 2. The summed E-state index contributed by atoms with van der Waals surface area (Å²) in [5.74, 6) is 1.34. The van der Waals surface area contributed by atoms with Gasteiger partial charge in [0.25, 0.3) is 0 Å². The highest BCUT2D eigenvalue weighted by atomic mass is 79.9. The van der Waals surface area contributed by atoms with Crippen LogP contribution >= 0.6 is 15.9 Å². The van der Waals surface area contributed by atoms with Crippen molar-refractivity contribution in [1.82, 2.24) is 15.1 Å². The number of piperidine rings is 1. The van der Waals surface area contributed by atoms with Crippen LogP contribution in [-0.2, 0) is 6.54 Å². The van der Waals surface area contributed by atoms with Gasteiger partial charge < -0.3 is 5.32 Å². The van der Waals surface area contributed by atoms with Gasteiger partial charge in [0, 0.05) is 12.5 Å². The molecule has 0 amide bonds. The lowest BCUT2D eigenvalue weighted by molar-refractivity contribution is 0.330. The van der Waals surface area contributed by atoms with Crippen LogP contribution in [0.15, 0.2) is 10.7 Å². The third kappa shape index (κ3) is 2.33. The molecule has 1 aliphatic heterocycles. The number of hydrogen-bond acceptors (Lipinski definition) is 2. The maximum atomic E-state index is 4.46. The van der Waals surface area contributed by atoms with E-state index in [1.165, 1.54) is 16.6 Å². The summed E-state index contributed by atoms with van der Waals surface area (Å²) in [5, 5.41) is 7.92. The van der Waals surface area contributed by atoms with Gasteiger partial charge in [-0.05, 0) is 47.8 Å². The molecule has 16 heavy (non-hydrogen) atoms. The molecular weight excluding hydrogens is 266 g/mol. The van der Waals surface area contributed by atoms with Gasteiger partial charge in [0.15, 0.2) is 0 Å². The van der Waals surface area contributed by atoms with Crippen molar-refractivity contribution in [3.05, 3.63) is 16.4 Å². The number of hydrogen-bond donors (Lipinski definition) is 1. The summed E-state index contributed by atoms with van der Waals surface area (Å²) in [7, 11) is 0. The van der Waals surface area contributed by atoms with E-state index in [-0.39, 0.29) is 0 Å². The molecule has 1 aromatic rings. The van der Waals surface area contributed by atoms with E-state index in [0.29, 0.717) is 11.8 Å². The zero-order valence-electron chi connectivity index (χ0n) is 10.0. The Morgan fingerprint density at radius 3 is 3.12 bits per heavy atom. The summed E-state index contributed by atoms with van der Waals surface area (Å²) in [6, 6.07) is 0. The van der Waals surface area contributed by atoms with Gasteiger partial charge >= 0.3 is 0 Å². The minimum atomic E-state index is 0.643. The van der Waals surface area contributed by atoms with E-state index in [9.17, 15) is 0 Å². The predicted molar refractivity (Wildman–Crippen MR) is 69.6 cm³/mol. The zero-order valence-corrected chi connectivity index (χ0v) is 11.6. The number of halogens is 1. The lowest BCUT2D eigenvalue weighted by Gasteiger charge is -2.30. The highest BCUT2D eigenvalue weighted by Crippen LogP contribution is 2.34. The Morgan fingerprint density at radius 2 is 2.44 bits per heavy atom. The fraction of sp³-hybridized carbons (Fsp3) is 0.750. The Hall–Kier alpha value is -0.350. The smallest absolute Gasteiger partial charge is 0.0635 e. The molecule has 1 fully saturated rings. The van der Waals surface area contributed by atoms with Crippen LogP contribution in [0.5, 0.6) is 0 Å². The van der Waals surface area contributed by atoms with Gasteiger partial charge in [-0.25, -0.2) is 0 Å². The highest BCUT2D eigenvalue weighted by molar-refractivity contribution is 9.10. The first-order chi connectivity index (χ1) is 7.74. The largest absolute Gasteiger partial charge is 0.316 e. The molecule has 2 rings (SSSR count). The molecule has 1 aliphatic rings. The Morgan fingerprint density at radius 1 is 1.62 bits per heavy atom. The van der Waals surface area contributed by atoms with E-state index in [4.69, 9.17) is 0 Å². The summed E-state index contributed by atoms with van der Waals surface area (Å²) in [6.07, 6.45) is 4.30. The van der Waals surface area contributed by atoms with Gasteiger partial charge in [-0.1, -0.05) is 13.8 Å². The second-order valence-corrected chi connectivity index (χ2v) is 5.53. The standard InChI is InChI=1S/C12H20BrN3/c1-3-6-16-12(11(13)8-15-16)10-4-5-14-7-9(10)2/h8-10,14H,3-7H2,1-2H3. The monoisotopic (exact) mass is 285 g/mol. The first-order valence-corrected chi connectivity index (χ1v) is 6.95. The average Bonchev–Trinajstić information content (AvgIpc) is 2.62. The Balaban J connectivity index is 2.26. The minimum Gasteiger partial charge on any atom is -0.316 e. The van der Waals surface area contributed by atoms with Gasteiger partial charge in [0.1, 0.15) is 0 Å². The van der Waals surface area contributed by atoms with Gasteiger partial charge in [-0.3, -0.25) is 4.68 Å². The Labute approximate surface area is 106 Å². The van der Waals surface area contributed by atoms with E-state index in [1.807, 2.05) is 6.20 Å². The van der Waals surface area contributed by atoms with Crippen LogP contribution in [0, 0.1) is 5.92 Å². The molecule has 0 saturated carbocycles. The molecule has 0 bridgehead atoms. The maximum absolute atomic E-state index is 4.46. The number of aryl methyl sites for hydroxylation is 1. The first kappa shape index (κ1) is 12.1. The normalized spacial score (nSPS) is 25.9. The molecule has 1 aromatic heterocycles. The molecule has 2 heterocycles. The Bertz CT molecular complexity index is 348. The molecule has 2 unspecified atom stereocenters. The predicted octanol–water partition coefficient (Wildman–Crippen LogP) is 2.77. The zero-order chi connectivity index (χ0) is 11.5. The number of nitrogens with zero attached hydrogens (tertiary/aromatic N) is 2. The fourth-order valence-electron chi connectivity index (χ4n) is 2.55. The van der Waals surface area contributed by atoms with Crippen molar-refractivity contribution in [3.8, 4) is 0 Å².